The van der Waals surface area contributed by atoms with Gasteiger partial charge in [-0.2, -0.15) is 10.1 Å². The zero-order chi connectivity index (χ0) is 35.8. The molecule has 0 aromatic rings. The van der Waals surface area contributed by atoms with E-state index in [4.69, 9.17) is 14.2 Å². The molecule has 0 bridgehead atoms. The molecule has 0 radical (unpaired) electrons. The van der Waals surface area contributed by atoms with Crippen LogP contribution < -0.4 is 5.32 Å². The highest BCUT2D eigenvalue weighted by atomic mass is 16.5. The lowest BCUT2D eigenvalue weighted by molar-refractivity contribution is -0.198. The molecule has 3 fully saturated rings. The molecule has 3 aliphatic heterocycles. The van der Waals surface area contributed by atoms with Crippen LogP contribution in [0.5, 0.6) is 0 Å². The highest BCUT2D eigenvalue weighted by molar-refractivity contribution is 5.72. The lowest BCUT2D eigenvalue weighted by Gasteiger charge is -2.35. The molecule has 3 N–H and O–H groups in total. The number of ether oxygens (including phenoxy) is 3. The summed E-state index contributed by atoms with van der Waals surface area (Å²) in [6.07, 6.45) is 3.33. The summed E-state index contributed by atoms with van der Waals surface area (Å²) in [5, 5.41) is 27.5. The second kappa shape index (κ2) is 14.2. The average Bonchev–Trinajstić information content (AvgIpc) is 3.33. The van der Waals surface area contributed by atoms with E-state index in [9.17, 15) is 24.8 Å². The van der Waals surface area contributed by atoms with Gasteiger partial charge in [-0.25, -0.2) is 0 Å². The Kier molecular flexibility index (Phi) is 12.0. The minimum Gasteiger partial charge on any atom is -0.465 e. The Balaban J connectivity index is 1.55. The molecule has 0 spiro atoms. The van der Waals surface area contributed by atoms with Crippen molar-refractivity contribution >= 4 is 17.9 Å². The summed E-state index contributed by atoms with van der Waals surface area (Å²) in [5.41, 5.74) is -2.10. The molecule has 3 saturated heterocycles. The van der Waals surface area contributed by atoms with Crippen LogP contribution >= 0.6 is 0 Å². The molecule has 3 unspecified atom stereocenters. The maximum atomic E-state index is 13.1. The van der Waals surface area contributed by atoms with E-state index in [2.05, 4.69) is 33.0 Å². The van der Waals surface area contributed by atoms with Crippen molar-refractivity contribution in [2.45, 2.75) is 168 Å². The van der Waals surface area contributed by atoms with E-state index in [1.807, 2.05) is 55.4 Å². The topological polar surface area (TPSA) is 138 Å². The lowest BCUT2D eigenvalue weighted by atomic mass is 9.87. The predicted octanol–water partition coefficient (Wildman–Crippen LogP) is 5.89. The van der Waals surface area contributed by atoms with Crippen molar-refractivity contribution in [3.63, 3.8) is 0 Å². The van der Waals surface area contributed by atoms with Crippen LogP contribution in [0, 0.1) is 23.7 Å². The van der Waals surface area contributed by atoms with Crippen LogP contribution in [0.2, 0.25) is 0 Å². The largest absolute Gasteiger partial charge is 0.465 e. The van der Waals surface area contributed by atoms with Crippen molar-refractivity contribution in [1.29, 1.82) is 0 Å². The fourth-order valence-electron chi connectivity index (χ4n) is 8.49. The summed E-state index contributed by atoms with van der Waals surface area (Å²) >= 11 is 0. The molecule has 0 aliphatic carbocycles. The molecule has 0 amide bonds. The number of hydroxylamine groups is 4. The highest BCUT2D eigenvalue weighted by Gasteiger charge is 2.52. The van der Waals surface area contributed by atoms with Crippen LogP contribution in [0.3, 0.4) is 0 Å². The molecule has 11 heteroatoms. The number of nitrogens with one attached hydrogen (secondary N) is 1. The lowest BCUT2D eigenvalue weighted by Crippen LogP contribution is -2.47. The summed E-state index contributed by atoms with van der Waals surface area (Å²) in [5.74, 6) is -1.22. The summed E-state index contributed by atoms with van der Waals surface area (Å²) in [4.78, 5) is 38.8. The molecule has 0 aromatic heterocycles. The van der Waals surface area contributed by atoms with Crippen molar-refractivity contribution in [3.8, 4) is 0 Å². The van der Waals surface area contributed by atoms with Crippen LogP contribution in [-0.4, -0.2) is 91.5 Å². The van der Waals surface area contributed by atoms with Crippen LogP contribution in [0.4, 0.5) is 0 Å². The molecule has 0 aromatic carbocycles. The van der Waals surface area contributed by atoms with Crippen LogP contribution in [0.25, 0.3) is 0 Å². The van der Waals surface area contributed by atoms with Crippen molar-refractivity contribution in [2.24, 2.45) is 23.7 Å². The fraction of sp³-hybridized carbons (Fsp3) is 0.917. The smallest absolute Gasteiger partial charge is 0.306 e. The summed E-state index contributed by atoms with van der Waals surface area (Å²) in [6, 6.07) is 0. The molecule has 0 saturated carbocycles. The van der Waals surface area contributed by atoms with Gasteiger partial charge in [-0.3, -0.25) is 14.4 Å². The predicted molar refractivity (Wildman–Crippen MR) is 179 cm³/mol. The number of carbonyl (C=O) groups is 3. The van der Waals surface area contributed by atoms with Crippen molar-refractivity contribution in [1.82, 2.24) is 15.4 Å². The Morgan fingerprint density at radius 1 is 0.638 bits per heavy atom. The van der Waals surface area contributed by atoms with Gasteiger partial charge in [0.15, 0.2) is 0 Å². The molecule has 272 valence electrons. The van der Waals surface area contributed by atoms with E-state index in [0.717, 1.165) is 6.42 Å². The molecule has 11 nitrogen and oxygen atoms in total. The molecule has 3 atom stereocenters. The van der Waals surface area contributed by atoms with E-state index in [1.165, 1.54) is 10.1 Å². The van der Waals surface area contributed by atoms with E-state index >= 15 is 0 Å². The van der Waals surface area contributed by atoms with Gasteiger partial charge in [0.2, 0.25) is 0 Å². The van der Waals surface area contributed by atoms with Crippen molar-refractivity contribution < 1.29 is 39.0 Å². The molecule has 3 heterocycles. The van der Waals surface area contributed by atoms with Crippen LogP contribution in [-0.2, 0) is 28.6 Å². The zero-order valence-electron chi connectivity index (χ0n) is 31.3. The third-order valence-electron chi connectivity index (χ3n) is 11.5. The second-order valence-corrected chi connectivity index (χ2v) is 18.2. The number of nitrogens with zero attached hydrogens (tertiary/aromatic N) is 2. The number of esters is 3. The molecular formula is C36H65N3O8. The fourth-order valence-corrected chi connectivity index (χ4v) is 8.49. The Labute approximate surface area is 283 Å². The average molecular weight is 668 g/mol. The maximum Gasteiger partial charge on any atom is 0.306 e. The second-order valence-electron chi connectivity index (χ2n) is 18.2. The molecule has 3 aliphatic rings. The van der Waals surface area contributed by atoms with Gasteiger partial charge >= 0.3 is 17.9 Å². The van der Waals surface area contributed by atoms with Gasteiger partial charge in [-0.05, 0) is 121 Å². The maximum absolute atomic E-state index is 13.1. The normalized spacial score (nSPS) is 29.4. The van der Waals surface area contributed by atoms with Crippen LogP contribution in [0.15, 0.2) is 0 Å². The molecular weight excluding hydrogens is 602 g/mol. The van der Waals surface area contributed by atoms with Gasteiger partial charge in [-0.15, -0.1) is 0 Å². The number of hydrogen-bond acceptors (Lipinski definition) is 11. The minimum absolute atomic E-state index is 0.0281. The van der Waals surface area contributed by atoms with Gasteiger partial charge in [-0.1, -0.05) is 0 Å². The summed E-state index contributed by atoms with van der Waals surface area (Å²) < 4.78 is 17.1. The van der Waals surface area contributed by atoms with Crippen LogP contribution in [0.1, 0.15) is 134 Å². The number of carbonyl (C=O) groups excluding carboxylic acids is 3. The third kappa shape index (κ3) is 9.68. The third-order valence-corrected chi connectivity index (χ3v) is 11.5. The first-order valence-electron chi connectivity index (χ1n) is 17.5. The Morgan fingerprint density at radius 3 is 1.36 bits per heavy atom. The summed E-state index contributed by atoms with van der Waals surface area (Å²) in [6.45, 7) is 24.9. The summed E-state index contributed by atoms with van der Waals surface area (Å²) in [7, 11) is 0. The number of rotatable bonds is 14. The molecule has 3 rings (SSSR count). The van der Waals surface area contributed by atoms with Gasteiger partial charge in [0.25, 0.3) is 0 Å². The highest BCUT2D eigenvalue weighted by Crippen LogP contribution is 2.44. The van der Waals surface area contributed by atoms with E-state index < -0.39 is 22.2 Å². The van der Waals surface area contributed by atoms with E-state index in [0.29, 0.717) is 32.3 Å². The standard InChI is InChI=1S/C36H65N3O8/c1-31(2)18-25(34(7,8)37-31)21-47-30(42)17-24(13-15-28(40)45-22-26-19-32(3,4)38(43)35(26,9)10)14-16-29(41)46-23-27-20-33(5,6)39(44)36(27,11)12/h24-27,37,43-44H,13-23H2,1-12H3. The van der Waals surface area contributed by atoms with Crippen molar-refractivity contribution in [2.75, 3.05) is 19.8 Å². The van der Waals surface area contributed by atoms with Gasteiger partial charge in [0, 0.05) is 70.2 Å². The Bertz CT molecular complexity index is 1070. The minimum atomic E-state index is -0.534. The Hall–Kier alpha value is -1.79. The zero-order valence-corrected chi connectivity index (χ0v) is 31.3. The van der Waals surface area contributed by atoms with E-state index in [1.54, 1.807) is 0 Å². The monoisotopic (exact) mass is 667 g/mol. The van der Waals surface area contributed by atoms with Crippen molar-refractivity contribution in [3.05, 3.63) is 0 Å². The number of hydrogen-bond donors (Lipinski definition) is 3. The van der Waals surface area contributed by atoms with E-state index in [-0.39, 0.29) is 85.1 Å². The first-order chi connectivity index (χ1) is 21.3. The first kappa shape index (κ1) is 39.6. The van der Waals surface area contributed by atoms with Gasteiger partial charge in [0.05, 0.1) is 19.8 Å². The Morgan fingerprint density at radius 2 is 1.02 bits per heavy atom. The SMILES string of the molecule is CC1(C)CC(COC(=O)CC(CCC(=O)OCC2CC(C)(C)N(O)C2(C)C)CCC(=O)OCC2CC(C)(C)N(O)C2(C)C)C(C)(C)N1. The van der Waals surface area contributed by atoms with Gasteiger partial charge < -0.3 is 29.9 Å². The van der Waals surface area contributed by atoms with Gasteiger partial charge in [0.1, 0.15) is 0 Å². The first-order valence-corrected chi connectivity index (χ1v) is 17.5. The quantitative estimate of drug-likeness (QED) is 0.151. The molecule has 47 heavy (non-hydrogen) atoms.